The van der Waals surface area contributed by atoms with Crippen molar-refractivity contribution in [1.82, 2.24) is 0 Å². The lowest BCUT2D eigenvalue weighted by molar-refractivity contribution is -0.116. The molecule has 8 heteroatoms. The Bertz CT molecular complexity index is 1600. The number of amides is 1. The molecule has 1 aromatic heterocycles. The van der Waals surface area contributed by atoms with Crippen LogP contribution in [0.2, 0.25) is 10.0 Å². The molecule has 3 aromatic carbocycles. The van der Waals surface area contributed by atoms with Crippen molar-refractivity contribution < 1.29 is 14.3 Å². The van der Waals surface area contributed by atoms with Crippen molar-refractivity contribution in [2.75, 3.05) is 17.3 Å². The van der Waals surface area contributed by atoms with E-state index < -0.39 is 6.04 Å². The fourth-order valence-corrected chi connectivity index (χ4v) is 6.53. The van der Waals surface area contributed by atoms with E-state index >= 15 is 0 Å². The standard InChI is InChI=1S/C31H24Cl2N2O3S/c1-38-21-11-8-18(9-12-21)20-16-25-29(27(36)17-20)30(28-7-4-14-39-28)35(26-6-3-2-5-24(26)34-25)31(37)19-10-13-22(32)23(33)15-19/h2-15,20,30,34H,16-17H2,1H3/t20-,30+/m0/s1. The van der Waals surface area contributed by atoms with Gasteiger partial charge in [0.25, 0.3) is 5.91 Å². The van der Waals surface area contributed by atoms with E-state index in [-0.39, 0.29) is 17.6 Å². The van der Waals surface area contributed by atoms with Crippen molar-refractivity contribution in [3.8, 4) is 5.75 Å². The second-order valence-electron chi connectivity index (χ2n) is 9.56. The number of Topliss-reactive ketones (excluding diaryl/α,β-unsaturated/α-hetero) is 1. The second kappa shape index (κ2) is 10.5. The van der Waals surface area contributed by atoms with Crippen LogP contribution in [0.25, 0.3) is 0 Å². The van der Waals surface area contributed by atoms with Gasteiger partial charge in [0.1, 0.15) is 11.8 Å². The van der Waals surface area contributed by atoms with Gasteiger partial charge in [-0.15, -0.1) is 11.3 Å². The van der Waals surface area contributed by atoms with Crippen molar-refractivity contribution in [2.45, 2.75) is 24.8 Å². The fourth-order valence-electron chi connectivity index (χ4n) is 5.41. The Labute approximate surface area is 240 Å². The molecule has 6 rings (SSSR count). The van der Waals surface area contributed by atoms with Crippen LogP contribution in [0, 0.1) is 0 Å². The molecule has 2 heterocycles. The van der Waals surface area contributed by atoms with Gasteiger partial charge in [-0.05, 0) is 71.8 Å². The lowest BCUT2D eigenvalue weighted by Gasteiger charge is -2.34. The predicted molar refractivity (Wildman–Crippen MR) is 157 cm³/mol. The third kappa shape index (κ3) is 4.73. The number of rotatable bonds is 4. The Hall–Kier alpha value is -3.58. The van der Waals surface area contributed by atoms with Crippen molar-refractivity contribution in [3.05, 3.63) is 122 Å². The SMILES string of the molecule is COc1ccc([C@@H]2CC(=O)C3=C(C2)Nc2ccccc2N(C(=O)c2ccc(Cl)c(Cl)c2)[C@@H]3c2cccs2)cc1. The molecule has 0 spiro atoms. The van der Waals surface area contributed by atoms with Crippen LogP contribution in [-0.2, 0) is 4.79 Å². The zero-order valence-electron chi connectivity index (χ0n) is 21.0. The Morgan fingerprint density at radius 1 is 0.974 bits per heavy atom. The monoisotopic (exact) mass is 574 g/mol. The Balaban J connectivity index is 1.51. The molecule has 0 bridgehead atoms. The summed E-state index contributed by atoms with van der Waals surface area (Å²) < 4.78 is 5.32. The summed E-state index contributed by atoms with van der Waals surface area (Å²) in [4.78, 5) is 31.0. The maximum absolute atomic E-state index is 14.3. The first-order chi connectivity index (χ1) is 18.9. The van der Waals surface area contributed by atoms with E-state index in [1.165, 1.54) is 11.3 Å². The summed E-state index contributed by atoms with van der Waals surface area (Å²) in [6.07, 6.45) is 0.984. The molecule has 1 aliphatic heterocycles. The second-order valence-corrected chi connectivity index (χ2v) is 11.4. The van der Waals surface area contributed by atoms with Gasteiger partial charge >= 0.3 is 0 Å². The van der Waals surface area contributed by atoms with Crippen molar-refractivity contribution in [2.24, 2.45) is 0 Å². The molecule has 0 fully saturated rings. The van der Waals surface area contributed by atoms with Gasteiger partial charge in [0, 0.05) is 28.1 Å². The molecule has 39 heavy (non-hydrogen) atoms. The number of nitrogens with zero attached hydrogens (tertiary/aromatic N) is 1. The summed E-state index contributed by atoms with van der Waals surface area (Å²) in [6, 6.07) is 23.7. The zero-order valence-corrected chi connectivity index (χ0v) is 23.3. The lowest BCUT2D eigenvalue weighted by Crippen LogP contribution is -2.38. The molecule has 1 N–H and O–H groups in total. The van der Waals surface area contributed by atoms with Gasteiger partial charge in [0.05, 0.1) is 28.5 Å². The van der Waals surface area contributed by atoms with Crippen LogP contribution in [0.4, 0.5) is 11.4 Å². The van der Waals surface area contributed by atoms with Crippen LogP contribution in [0.15, 0.2) is 95.5 Å². The quantitative estimate of drug-likeness (QED) is 0.266. The fraction of sp³-hybridized carbons (Fsp3) is 0.161. The van der Waals surface area contributed by atoms with E-state index in [1.54, 1.807) is 30.2 Å². The summed E-state index contributed by atoms with van der Waals surface area (Å²) in [5.41, 5.74) is 4.38. The molecule has 0 radical (unpaired) electrons. The van der Waals surface area contributed by atoms with Crippen LogP contribution in [0.1, 0.15) is 45.6 Å². The van der Waals surface area contributed by atoms with Crippen LogP contribution in [0.3, 0.4) is 0 Å². The molecule has 5 nitrogen and oxygen atoms in total. The lowest BCUT2D eigenvalue weighted by atomic mass is 9.79. The topological polar surface area (TPSA) is 58.6 Å². The van der Waals surface area contributed by atoms with E-state index in [2.05, 4.69) is 5.32 Å². The number of ether oxygens (including phenoxy) is 1. The first-order valence-electron chi connectivity index (χ1n) is 12.5. The summed E-state index contributed by atoms with van der Waals surface area (Å²) >= 11 is 14.0. The van der Waals surface area contributed by atoms with Crippen molar-refractivity contribution in [1.29, 1.82) is 0 Å². The third-order valence-electron chi connectivity index (χ3n) is 7.27. The largest absolute Gasteiger partial charge is 0.497 e. The smallest absolute Gasteiger partial charge is 0.259 e. The molecule has 1 aliphatic carbocycles. The molecule has 2 atom stereocenters. The predicted octanol–water partition coefficient (Wildman–Crippen LogP) is 8.28. The highest BCUT2D eigenvalue weighted by atomic mass is 35.5. The number of carbonyl (C=O) groups excluding carboxylic acids is 2. The minimum Gasteiger partial charge on any atom is -0.497 e. The number of hydrogen-bond donors (Lipinski definition) is 1. The molecule has 0 saturated carbocycles. The normalized spacial score (nSPS) is 18.6. The molecule has 2 aliphatic rings. The zero-order chi connectivity index (χ0) is 27.1. The summed E-state index contributed by atoms with van der Waals surface area (Å²) in [5.74, 6) is 0.530. The van der Waals surface area contributed by atoms with Crippen molar-refractivity contribution >= 4 is 57.6 Å². The average molecular weight is 576 g/mol. The summed E-state index contributed by atoms with van der Waals surface area (Å²) in [6.45, 7) is 0. The Morgan fingerprint density at radius 2 is 1.77 bits per heavy atom. The number of benzene rings is 3. The molecule has 1 amide bonds. The number of fused-ring (bicyclic) bond motifs is 1. The van der Waals surface area contributed by atoms with Gasteiger partial charge in [0.15, 0.2) is 5.78 Å². The molecular weight excluding hydrogens is 551 g/mol. The number of nitrogens with one attached hydrogen (secondary N) is 1. The number of anilines is 2. The van der Waals surface area contributed by atoms with E-state index in [4.69, 9.17) is 27.9 Å². The van der Waals surface area contributed by atoms with E-state index in [0.717, 1.165) is 27.6 Å². The van der Waals surface area contributed by atoms with E-state index in [0.29, 0.717) is 39.7 Å². The molecule has 4 aromatic rings. The van der Waals surface area contributed by atoms with E-state index in [1.807, 2.05) is 66.0 Å². The van der Waals surface area contributed by atoms with Gasteiger partial charge in [-0.1, -0.05) is 53.5 Å². The number of hydrogen-bond acceptors (Lipinski definition) is 5. The highest BCUT2D eigenvalue weighted by molar-refractivity contribution is 7.10. The summed E-state index contributed by atoms with van der Waals surface area (Å²) in [5, 5.41) is 6.20. The van der Waals surface area contributed by atoms with Gasteiger partial charge in [-0.25, -0.2) is 0 Å². The number of allylic oxidation sites excluding steroid dienone is 1. The number of ketones is 1. The first-order valence-corrected chi connectivity index (χ1v) is 14.2. The molecule has 196 valence electrons. The Kier molecular flexibility index (Phi) is 6.94. The molecule has 0 unspecified atom stereocenters. The number of methoxy groups -OCH3 is 1. The Morgan fingerprint density at radius 3 is 2.49 bits per heavy atom. The third-order valence-corrected chi connectivity index (χ3v) is 8.94. The van der Waals surface area contributed by atoms with Crippen LogP contribution >= 0.6 is 34.5 Å². The highest BCUT2D eigenvalue weighted by Gasteiger charge is 2.42. The van der Waals surface area contributed by atoms with Crippen LogP contribution < -0.4 is 15.0 Å². The first kappa shape index (κ1) is 25.7. The minimum atomic E-state index is -0.595. The average Bonchev–Trinajstić information content (AvgIpc) is 3.44. The number of carbonyl (C=O) groups is 2. The maximum Gasteiger partial charge on any atom is 0.259 e. The van der Waals surface area contributed by atoms with Gasteiger partial charge < -0.3 is 10.1 Å². The summed E-state index contributed by atoms with van der Waals surface area (Å²) in [7, 11) is 1.64. The van der Waals surface area contributed by atoms with Gasteiger partial charge in [-0.3, -0.25) is 14.5 Å². The maximum atomic E-state index is 14.3. The van der Waals surface area contributed by atoms with Crippen molar-refractivity contribution in [3.63, 3.8) is 0 Å². The number of halogens is 2. The highest BCUT2D eigenvalue weighted by Crippen LogP contribution is 2.48. The minimum absolute atomic E-state index is 0.00290. The van der Waals surface area contributed by atoms with E-state index in [9.17, 15) is 9.59 Å². The van der Waals surface area contributed by atoms with Gasteiger partial charge in [0.2, 0.25) is 0 Å². The molecular formula is C31H24Cl2N2O3S. The molecule has 0 saturated heterocycles. The van der Waals surface area contributed by atoms with Crippen LogP contribution in [0.5, 0.6) is 5.75 Å². The van der Waals surface area contributed by atoms with Gasteiger partial charge in [-0.2, -0.15) is 0 Å². The van der Waals surface area contributed by atoms with Crippen LogP contribution in [-0.4, -0.2) is 18.8 Å². The number of thiophene rings is 1. The number of para-hydroxylation sites is 2.